The van der Waals surface area contributed by atoms with Crippen molar-refractivity contribution in [1.29, 1.82) is 0 Å². The molecule has 0 unspecified atom stereocenters. The molecule has 1 N–H and O–H groups in total. The second-order valence-electron chi connectivity index (χ2n) is 7.56. The lowest BCUT2D eigenvalue weighted by Gasteiger charge is -2.12. The van der Waals surface area contributed by atoms with Crippen LogP contribution >= 0.6 is 11.8 Å². The Hall–Kier alpha value is -2.37. The van der Waals surface area contributed by atoms with Crippen molar-refractivity contribution < 1.29 is 22.2 Å². The quantitative estimate of drug-likeness (QED) is 0.583. The first-order chi connectivity index (χ1) is 13.5. The monoisotopic (exact) mass is 438 g/mol. The first-order valence-electron chi connectivity index (χ1n) is 8.70. The van der Waals surface area contributed by atoms with Crippen LogP contribution in [0.5, 0.6) is 0 Å². The molecular formula is C18H22N4O5S2. The molecule has 2 heterocycles. The zero-order chi connectivity index (χ0) is 21.4. The van der Waals surface area contributed by atoms with Crippen LogP contribution in [0.4, 0.5) is 5.88 Å². The molecule has 0 saturated carbocycles. The maximum atomic E-state index is 12.2. The average molecular weight is 439 g/mol. The third-order valence-electron chi connectivity index (χ3n) is 3.99. The molecule has 0 atom stereocenters. The molecule has 3 aromatic rings. The van der Waals surface area contributed by atoms with Gasteiger partial charge in [-0.15, -0.1) is 0 Å². The number of thioether (sulfide) groups is 1. The molecule has 156 valence electrons. The van der Waals surface area contributed by atoms with Crippen LogP contribution in [0.2, 0.25) is 0 Å². The van der Waals surface area contributed by atoms with E-state index in [1.54, 1.807) is 12.1 Å². The van der Waals surface area contributed by atoms with Crippen LogP contribution in [0.15, 0.2) is 43.3 Å². The molecule has 0 saturated heterocycles. The van der Waals surface area contributed by atoms with Gasteiger partial charge in [0.1, 0.15) is 5.52 Å². The third kappa shape index (κ3) is 4.80. The molecule has 0 bridgehead atoms. The number of aromatic nitrogens is 2. The number of anilines is 1. The van der Waals surface area contributed by atoms with E-state index in [2.05, 4.69) is 15.5 Å². The summed E-state index contributed by atoms with van der Waals surface area (Å²) >= 11 is 1.09. The maximum absolute atomic E-state index is 12.2. The van der Waals surface area contributed by atoms with Crippen LogP contribution in [0.1, 0.15) is 26.5 Å². The highest BCUT2D eigenvalue weighted by molar-refractivity contribution is 7.99. The van der Waals surface area contributed by atoms with Crippen molar-refractivity contribution >= 4 is 44.7 Å². The number of benzene rings is 1. The van der Waals surface area contributed by atoms with Crippen molar-refractivity contribution in [3.8, 4) is 0 Å². The second-order valence-corrected chi connectivity index (χ2v) is 10.6. The van der Waals surface area contributed by atoms with E-state index in [1.807, 2.05) is 20.8 Å². The minimum atomic E-state index is -3.56. The van der Waals surface area contributed by atoms with Gasteiger partial charge in [-0.2, -0.15) is 0 Å². The SMILES string of the molecule is CN(C)S(=O)(=O)c1ccc2oc(SCC(=O)Nc3cc(C(C)(C)C)no3)nc2c1. The molecule has 3 rings (SSSR count). The predicted octanol–water partition coefficient (Wildman–Crippen LogP) is 3.09. The standard InChI is InChI=1S/C18H22N4O5S2/c1-18(2,3)14-9-16(27-21-14)20-15(23)10-28-17-19-12-8-11(6-7-13(12)26-17)29(24,25)22(4)5/h6-9H,10H2,1-5H3,(H,20,23). The number of hydrogen-bond acceptors (Lipinski definition) is 8. The van der Waals surface area contributed by atoms with Crippen molar-refractivity contribution in [2.24, 2.45) is 0 Å². The summed E-state index contributed by atoms with van der Waals surface area (Å²) < 4.78 is 36.3. The van der Waals surface area contributed by atoms with Gasteiger partial charge in [0, 0.05) is 25.6 Å². The smallest absolute Gasteiger partial charge is 0.257 e. The number of nitrogens with zero attached hydrogens (tertiary/aromatic N) is 3. The van der Waals surface area contributed by atoms with Gasteiger partial charge in [-0.05, 0) is 18.2 Å². The van der Waals surface area contributed by atoms with Gasteiger partial charge in [-0.3, -0.25) is 10.1 Å². The Bertz CT molecular complexity index is 1140. The number of fused-ring (bicyclic) bond motifs is 1. The summed E-state index contributed by atoms with van der Waals surface area (Å²) in [5.74, 6) is 0.0164. The number of hydrogen-bond donors (Lipinski definition) is 1. The van der Waals surface area contributed by atoms with E-state index < -0.39 is 10.0 Å². The van der Waals surface area contributed by atoms with Crippen LogP contribution in [-0.4, -0.2) is 48.6 Å². The first kappa shape index (κ1) is 21.3. The number of carbonyl (C=O) groups is 1. The minimum Gasteiger partial charge on any atom is -0.431 e. The minimum absolute atomic E-state index is 0.0429. The van der Waals surface area contributed by atoms with E-state index in [4.69, 9.17) is 8.94 Å². The zero-order valence-corrected chi connectivity index (χ0v) is 18.3. The second kappa shape index (κ2) is 7.81. The highest BCUT2D eigenvalue weighted by Crippen LogP contribution is 2.27. The summed E-state index contributed by atoms with van der Waals surface area (Å²) in [6.45, 7) is 5.98. The number of amides is 1. The van der Waals surface area contributed by atoms with Crippen LogP contribution < -0.4 is 5.32 Å². The normalized spacial score (nSPS) is 12.6. The number of sulfonamides is 1. The van der Waals surface area contributed by atoms with E-state index in [0.29, 0.717) is 11.1 Å². The summed E-state index contributed by atoms with van der Waals surface area (Å²) in [4.78, 5) is 16.5. The van der Waals surface area contributed by atoms with E-state index in [1.165, 1.54) is 26.2 Å². The Kier molecular flexibility index (Phi) is 5.74. The highest BCUT2D eigenvalue weighted by atomic mass is 32.2. The van der Waals surface area contributed by atoms with Crippen LogP contribution in [0.3, 0.4) is 0 Å². The van der Waals surface area contributed by atoms with Gasteiger partial charge in [0.25, 0.3) is 5.22 Å². The fourth-order valence-electron chi connectivity index (χ4n) is 2.31. The van der Waals surface area contributed by atoms with E-state index in [0.717, 1.165) is 21.8 Å². The summed E-state index contributed by atoms with van der Waals surface area (Å²) in [7, 11) is -0.645. The molecule has 0 aliphatic rings. The molecule has 9 nitrogen and oxygen atoms in total. The molecule has 0 aliphatic heterocycles. The third-order valence-corrected chi connectivity index (χ3v) is 6.63. The van der Waals surface area contributed by atoms with Crippen molar-refractivity contribution in [1.82, 2.24) is 14.4 Å². The Labute approximate surface area is 172 Å². The largest absolute Gasteiger partial charge is 0.431 e. The Morgan fingerprint density at radius 2 is 1.97 bits per heavy atom. The van der Waals surface area contributed by atoms with Crippen molar-refractivity contribution in [3.05, 3.63) is 30.0 Å². The van der Waals surface area contributed by atoms with Crippen molar-refractivity contribution in [3.63, 3.8) is 0 Å². The molecule has 0 radical (unpaired) electrons. The van der Waals surface area contributed by atoms with Gasteiger partial charge < -0.3 is 8.94 Å². The number of nitrogens with one attached hydrogen (secondary N) is 1. The average Bonchev–Trinajstić information content (AvgIpc) is 3.25. The van der Waals surface area contributed by atoms with Crippen molar-refractivity contribution in [2.75, 3.05) is 25.2 Å². The van der Waals surface area contributed by atoms with E-state index >= 15 is 0 Å². The molecule has 0 fully saturated rings. The lowest BCUT2D eigenvalue weighted by Crippen LogP contribution is -2.22. The predicted molar refractivity (Wildman–Crippen MR) is 109 cm³/mol. The Balaban J connectivity index is 1.66. The van der Waals surface area contributed by atoms with E-state index in [-0.39, 0.29) is 33.1 Å². The number of carbonyl (C=O) groups excluding carboxylic acids is 1. The molecule has 1 aromatic carbocycles. The number of rotatable bonds is 6. The summed E-state index contributed by atoms with van der Waals surface area (Å²) in [5.41, 5.74) is 1.40. The van der Waals surface area contributed by atoms with Crippen molar-refractivity contribution in [2.45, 2.75) is 36.3 Å². The summed E-state index contributed by atoms with van der Waals surface area (Å²) in [5, 5.41) is 6.85. The van der Waals surface area contributed by atoms with Gasteiger partial charge in [-0.1, -0.05) is 37.7 Å². The Morgan fingerprint density at radius 1 is 1.24 bits per heavy atom. The fraction of sp³-hybridized carbons (Fsp3) is 0.389. The highest BCUT2D eigenvalue weighted by Gasteiger charge is 2.21. The Morgan fingerprint density at radius 3 is 2.59 bits per heavy atom. The lowest BCUT2D eigenvalue weighted by molar-refractivity contribution is -0.113. The molecule has 29 heavy (non-hydrogen) atoms. The van der Waals surface area contributed by atoms with Crippen LogP contribution in [0.25, 0.3) is 11.1 Å². The molecular weight excluding hydrogens is 416 g/mol. The maximum Gasteiger partial charge on any atom is 0.257 e. The molecule has 11 heteroatoms. The fourth-order valence-corrected chi connectivity index (χ4v) is 3.87. The van der Waals surface area contributed by atoms with Gasteiger partial charge in [-0.25, -0.2) is 17.7 Å². The number of oxazole rings is 1. The topological polar surface area (TPSA) is 119 Å². The summed E-state index contributed by atoms with van der Waals surface area (Å²) in [6.07, 6.45) is 0. The zero-order valence-electron chi connectivity index (χ0n) is 16.7. The van der Waals surface area contributed by atoms with Crippen LogP contribution in [-0.2, 0) is 20.2 Å². The van der Waals surface area contributed by atoms with Gasteiger partial charge in [0.2, 0.25) is 21.8 Å². The lowest BCUT2D eigenvalue weighted by atomic mass is 9.92. The van der Waals surface area contributed by atoms with Gasteiger partial charge >= 0.3 is 0 Å². The molecule has 0 spiro atoms. The van der Waals surface area contributed by atoms with Gasteiger partial charge in [0.15, 0.2) is 5.58 Å². The summed E-state index contributed by atoms with van der Waals surface area (Å²) in [6, 6.07) is 6.14. The van der Waals surface area contributed by atoms with Gasteiger partial charge in [0.05, 0.1) is 16.3 Å². The van der Waals surface area contributed by atoms with E-state index in [9.17, 15) is 13.2 Å². The molecule has 0 aliphatic carbocycles. The molecule has 2 aromatic heterocycles. The molecule has 1 amide bonds. The first-order valence-corrected chi connectivity index (χ1v) is 11.1. The van der Waals surface area contributed by atoms with Crippen LogP contribution in [0, 0.1) is 0 Å².